The van der Waals surface area contributed by atoms with E-state index >= 15 is 0 Å². The standard InChI is InChI=1S/C18H24N2O/c1-13(2)10-20-11-16-12-21-18-4-3-15(9-17(16)18)14-5-7-19-8-6-14/h3-5,9,12-13,19-20H,6-8,10-11H2,1-2H3. The molecule has 2 N–H and O–H groups in total. The molecule has 0 aliphatic carbocycles. The van der Waals surface area contributed by atoms with E-state index in [2.05, 4.69) is 48.8 Å². The fourth-order valence-corrected chi connectivity index (χ4v) is 2.80. The molecule has 0 fully saturated rings. The molecule has 0 saturated heterocycles. The van der Waals surface area contributed by atoms with E-state index in [-0.39, 0.29) is 0 Å². The van der Waals surface area contributed by atoms with E-state index in [4.69, 9.17) is 4.42 Å². The molecular formula is C18H24N2O. The van der Waals surface area contributed by atoms with Crippen molar-refractivity contribution in [2.75, 3.05) is 19.6 Å². The maximum Gasteiger partial charge on any atom is 0.134 e. The van der Waals surface area contributed by atoms with Crippen molar-refractivity contribution in [1.82, 2.24) is 10.6 Å². The van der Waals surface area contributed by atoms with E-state index in [0.717, 1.165) is 38.2 Å². The molecular weight excluding hydrogens is 260 g/mol. The van der Waals surface area contributed by atoms with Crippen LogP contribution in [0, 0.1) is 5.92 Å². The molecule has 0 saturated carbocycles. The molecule has 0 amide bonds. The fourth-order valence-electron chi connectivity index (χ4n) is 2.80. The first-order chi connectivity index (χ1) is 10.2. The van der Waals surface area contributed by atoms with Crippen molar-refractivity contribution >= 4 is 16.5 Å². The Bertz CT molecular complexity index is 640. The topological polar surface area (TPSA) is 37.2 Å². The van der Waals surface area contributed by atoms with Gasteiger partial charge in [-0.2, -0.15) is 0 Å². The van der Waals surface area contributed by atoms with Gasteiger partial charge in [0.2, 0.25) is 0 Å². The van der Waals surface area contributed by atoms with E-state index in [1.54, 1.807) is 0 Å². The van der Waals surface area contributed by atoms with Gasteiger partial charge in [-0.25, -0.2) is 0 Å². The van der Waals surface area contributed by atoms with Crippen molar-refractivity contribution in [2.24, 2.45) is 5.92 Å². The summed E-state index contributed by atoms with van der Waals surface area (Å²) in [6, 6.07) is 6.55. The van der Waals surface area contributed by atoms with Crippen molar-refractivity contribution in [3.8, 4) is 0 Å². The van der Waals surface area contributed by atoms with Crippen LogP contribution in [0.25, 0.3) is 16.5 Å². The highest BCUT2D eigenvalue weighted by Gasteiger charge is 2.10. The molecule has 1 aromatic heterocycles. The monoisotopic (exact) mass is 284 g/mol. The second-order valence-electron chi connectivity index (χ2n) is 6.18. The van der Waals surface area contributed by atoms with Crippen LogP contribution in [0.4, 0.5) is 0 Å². The predicted octanol–water partition coefficient (Wildman–Crippen LogP) is 3.56. The molecule has 0 atom stereocenters. The third-order valence-electron chi connectivity index (χ3n) is 3.96. The molecule has 21 heavy (non-hydrogen) atoms. The van der Waals surface area contributed by atoms with Gasteiger partial charge in [0.1, 0.15) is 5.58 Å². The Balaban J connectivity index is 1.83. The Morgan fingerprint density at radius 1 is 1.33 bits per heavy atom. The molecule has 2 heterocycles. The highest BCUT2D eigenvalue weighted by atomic mass is 16.3. The molecule has 1 aliphatic heterocycles. The van der Waals surface area contributed by atoms with Crippen LogP contribution in [0.2, 0.25) is 0 Å². The van der Waals surface area contributed by atoms with E-state index in [9.17, 15) is 0 Å². The molecule has 0 spiro atoms. The van der Waals surface area contributed by atoms with Gasteiger partial charge in [-0.1, -0.05) is 26.0 Å². The molecule has 3 rings (SSSR count). The van der Waals surface area contributed by atoms with E-state index in [1.807, 2.05) is 6.26 Å². The lowest BCUT2D eigenvalue weighted by Gasteiger charge is -2.14. The average Bonchev–Trinajstić information content (AvgIpc) is 2.90. The molecule has 1 aromatic carbocycles. The number of hydrogen-bond acceptors (Lipinski definition) is 3. The first kappa shape index (κ1) is 14.4. The zero-order valence-corrected chi connectivity index (χ0v) is 12.9. The molecule has 3 nitrogen and oxygen atoms in total. The number of rotatable bonds is 5. The zero-order valence-electron chi connectivity index (χ0n) is 12.9. The number of benzene rings is 1. The molecule has 2 aromatic rings. The zero-order chi connectivity index (χ0) is 14.7. The van der Waals surface area contributed by atoms with Gasteiger partial charge < -0.3 is 15.1 Å². The summed E-state index contributed by atoms with van der Waals surface area (Å²) >= 11 is 0. The van der Waals surface area contributed by atoms with Gasteiger partial charge in [-0.15, -0.1) is 0 Å². The number of hydrogen-bond donors (Lipinski definition) is 2. The molecule has 0 unspecified atom stereocenters. The summed E-state index contributed by atoms with van der Waals surface area (Å²) < 4.78 is 5.68. The number of furan rings is 1. The summed E-state index contributed by atoms with van der Waals surface area (Å²) in [7, 11) is 0. The van der Waals surface area contributed by atoms with Gasteiger partial charge in [0.25, 0.3) is 0 Å². The second kappa shape index (κ2) is 6.46. The van der Waals surface area contributed by atoms with Gasteiger partial charge in [0.15, 0.2) is 0 Å². The van der Waals surface area contributed by atoms with Crippen LogP contribution in [0.3, 0.4) is 0 Å². The third-order valence-corrected chi connectivity index (χ3v) is 3.96. The number of fused-ring (bicyclic) bond motifs is 1. The van der Waals surface area contributed by atoms with Crippen LogP contribution in [0.5, 0.6) is 0 Å². The normalized spacial score (nSPS) is 15.7. The minimum Gasteiger partial charge on any atom is -0.464 e. The molecule has 112 valence electrons. The first-order valence-electron chi connectivity index (χ1n) is 7.85. The molecule has 3 heteroatoms. The van der Waals surface area contributed by atoms with Gasteiger partial charge >= 0.3 is 0 Å². The van der Waals surface area contributed by atoms with Crippen LogP contribution >= 0.6 is 0 Å². The van der Waals surface area contributed by atoms with E-state index < -0.39 is 0 Å². The van der Waals surface area contributed by atoms with E-state index in [0.29, 0.717) is 5.92 Å². The quantitative estimate of drug-likeness (QED) is 0.881. The molecule has 0 radical (unpaired) electrons. The lowest BCUT2D eigenvalue weighted by atomic mass is 9.98. The van der Waals surface area contributed by atoms with E-state index in [1.165, 1.54) is 22.1 Å². The van der Waals surface area contributed by atoms with Crippen molar-refractivity contribution in [3.63, 3.8) is 0 Å². The van der Waals surface area contributed by atoms with Crippen LogP contribution in [0.15, 0.2) is 35.0 Å². The lowest BCUT2D eigenvalue weighted by molar-refractivity contribution is 0.547. The summed E-state index contributed by atoms with van der Waals surface area (Å²) in [6.07, 6.45) is 5.28. The third kappa shape index (κ3) is 3.36. The summed E-state index contributed by atoms with van der Waals surface area (Å²) in [5.74, 6) is 0.665. The fraction of sp³-hybridized carbons (Fsp3) is 0.444. The highest BCUT2D eigenvalue weighted by Crippen LogP contribution is 2.27. The van der Waals surface area contributed by atoms with Gasteiger partial charge in [-0.05, 0) is 48.7 Å². The second-order valence-corrected chi connectivity index (χ2v) is 6.18. The predicted molar refractivity (Wildman–Crippen MR) is 88.2 cm³/mol. The minimum atomic E-state index is 0.665. The largest absolute Gasteiger partial charge is 0.464 e. The first-order valence-corrected chi connectivity index (χ1v) is 7.85. The molecule has 0 bridgehead atoms. The van der Waals surface area contributed by atoms with Gasteiger partial charge in [-0.3, -0.25) is 0 Å². The van der Waals surface area contributed by atoms with Crippen molar-refractivity contribution in [1.29, 1.82) is 0 Å². The lowest BCUT2D eigenvalue weighted by Crippen LogP contribution is -2.20. The Labute approximate surface area is 126 Å². The average molecular weight is 284 g/mol. The SMILES string of the molecule is CC(C)CNCc1coc2ccc(C3=CCNCC3)cc12. The summed E-state index contributed by atoms with van der Waals surface area (Å²) in [5.41, 5.74) is 5.00. The van der Waals surface area contributed by atoms with Crippen molar-refractivity contribution in [3.05, 3.63) is 41.7 Å². The summed E-state index contributed by atoms with van der Waals surface area (Å²) in [4.78, 5) is 0. The summed E-state index contributed by atoms with van der Waals surface area (Å²) in [6.45, 7) is 8.39. The summed E-state index contributed by atoms with van der Waals surface area (Å²) in [5, 5.41) is 8.09. The van der Waals surface area contributed by atoms with Crippen LogP contribution in [-0.4, -0.2) is 19.6 Å². The van der Waals surface area contributed by atoms with Crippen molar-refractivity contribution < 1.29 is 4.42 Å². The van der Waals surface area contributed by atoms with Gasteiger partial charge in [0.05, 0.1) is 6.26 Å². The molecule has 1 aliphatic rings. The minimum absolute atomic E-state index is 0.665. The highest BCUT2D eigenvalue weighted by molar-refractivity contribution is 5.85. The smallest absolute Gasteiger partial charge is 0.134 e. The Kier molecular flexibility index (Phi) is 4.42. The maximum atomic E-state index is 5.68. The Morgan fingerprint density at radius 2 is 2.24 bits per heavy atom. The van der Waals surface area contributed by atoms with Gasteiger partial charge in [0, 0.05) is 24.0 Å². The van der Waals surface area contributed by atoms with Crippen LogP contribution in [0.1, 0.15) is 31.4 Å². The van der Waals surface area contributed by atoms with Crippen LogP contribution < -0.4 is 10.6 Å². The Morgan fingerprint density at radius 3 is 3.00 bits per heavy atom. The van der Waals surface area contributed by atoms with Crippen LogP contribution in [-0.2, 0) is 6.54 Å². The Hall–Kier alpha value is -1.58. The van der Waals surface area contributed by atoms with Crippen molar-refractivity contribution in [2.45, 2.75) is 26.8 Å². The maximum absolute atomic E-state index is 5.68. The number of nitrogens with one attached hydrogen (secondary N) is 2.